The van der Waals surface area contributed by atoms with Crippen LogP contribution in [-0.2, 0) is 11.0 Å². The third-order valence-electron chi connectivity index (χ3n) is 6.48. The number of halogens is 3. The average Bonchev–Trinajstić information content (AvgIpc) is 3.29. The standard InChI is InChI=1S/C30H29F3N2O3/c1-19(2)17-27(21-3-5-22(6-4-21)29(38)34-15-13-28(36)37)35-16-14-24-18-23(9-12-26(24)35)20-7-10-25(11-8-20)30(31,32)33/h3-12,14,16,18-19,27H,13,15,17H2,1-2H3,(H,34,38)(H,36,37). The molecule has 0 bridgehead atoms. The number of alkyl halides is 3. The number of aliphatic carboxylic acids is 1. The average molecular weight is 523 g/mol. The largest absolute Gasteiger partial charge is 0.481 e. The number of nitrogens with zero attached hydrogens (tertiary/aromatic N) is 1. The molecule has 1 aromatic heterocycles. The lowest BCUT2D eigenvalue weighted by atomic mass is 9.95. The lowest BCUT2D eigenvalue weighted by Gasteiger charge is -2.23. The van der Waals surface area contributed by atoms with Crippen LogP contribution in [0.15, 0.2) is 79.0 Å². The maximum absolute atomic E-state index is 12.9. The summed E-state index contributed by atoms with van der Waals surface area (Å²) < 4.78 is 41.0. The fourth-order valence-electron chi connectivity index (χ4n) is 4.57. The summed E-state index contributed by atoms with van der Waals surface area (Å²) in [7, 11) is 0. The number of benzene rings is 3. The van der Waals surface area contributed by atoms with Crippen molar-refractivity contribution in [2.75, 3.05) is 6.54 Å². The summed E-state index contributed by atoms with van der Waals surface area (Å²) in [5.41, 5.74) is 3.37. The second-order valence-electron chi connectivity index (χ2n) is 9.74. The van der Waals surface area contributed by atoms with Gasteiger partial charge in [-0.2, -0.15) is 13.2 Å². The number of hydrogen-bond donors (Lipinski definition) is 2. The van der Waals surface area contributed by atoms with E-state index in [9.17, 15) is 22.8 Å². The van der Waals surface area contributed by atoms with Crippen LogP contribution < -0.4 is 5.32 Å². The normalized spacial score (nSPS) is 12.6. The van der Waals surface area contributed by atoms with Gasteiger partial charge >= 0.3 is 12.1 Å². The predicted octanol–water partition coefficient (Wildman–Crippen LogP) is 7.17. The van der Waals surface area contributed by atoms with Gasteiger partial charge in [-0.25, -0.2) is 0 Å². The Kier molecular flexibility index (Phi) is 7.90. The summed E-state index contributed by atoms with van der Waals surface area (Å²) in [6.45, 7) is 4.35. The molecule has 0 spiro atoms. The number of nitrogens with one attached hydrogen (secondary N) is 1. The van der Waals surface area contributed by atoms with Crippen molar-refractivity contribution in [2.24, 2.45) is 5.92 Å². The molecule has 1 amide bonds. The molecule has 8 heteroatoms. The minimum absolute atomic E-state index is 0.00791. The third-order valence-corrected chi connectivity index (χ3v) is 6.48. The first-order valence-electron chi connectivity index (χ1n) is 12.4. The van der Waals surface area contributed by atoms with Gasteiger partial charge in [0.05, 0.1) is 18.0 Å². The van der Waals surface area contributed by atoms with Crippen LogP contribution in [0.2, 0.25) is 0 Å². The number of hydrogen-bond acceptors (Lipinski definition) is 2. The number of carbonyl (C=O) groups excluding carboxylic acids is 1. The maximum Gasteiger partial charge on any atom is 0.416 e. The monoisotopic (exact) mass is 522 g/mol. The van der Waals surface area contributed by atoms with Gasteiger partial charge in [0.25, 0.3) is 5.91 Å². The topological polar surface area (TPSA) is 71.3 Å². The molecule has 3 aromatic carbocycles. The van der Waals surface area contributed by atoms with Crippen LogP contribution in [0, 0.1) is 5.92 Å². The van der Waals surface area contributed by atoms with Gasteiger partial charge in [0.15, 0.2) is 0 Å². The SMILES string of the molecule is CC(C)CC(c1ccc(C(=O)NCCC(=O)O)cc1)n1ccc2cc(-c3ccc(C(F)(F)F)cc3)ccc21. The van der Waals surface area contributed by atoms with Gasteiger partial charge in [-0.15, -0.1) is 0 Å². The molecule has 198 valence electrons. The molecule has 4 aromatic rings. The van der Waals surface area contributed by atoms with Crippen molar-refractivity contribution in [2.45, 2.75) is 38.9 Å². The van der Waals surface area contributed by atoms with Crippen molar-refractivity contribution in [3.63, 3.8) is 0 Å². The van der Waals surface area contributed by atoms with Gasteiger partial charge < -0.3 is 15.0 Å². The minimum atomic E-state index is -4.37. The van der Waals surface area contributed by atoms with Gasteiger partial charge in [0, 0.05) is 29.2 Å². The van der Waals surface area contributed by atoms with Crippen LogP contribution in [-0.4, -0.2) is 28.1 Å². The highest BCUT2D eigenvalue weighted by molar-refractivity contribution is 5.94. The third kappa shape index (κ3) is 6.25. The van der Waals surface area contributed by atoms with E-state index in [0.29, 0.717) is 17.0 Å². The molecule has 1 heterocycles. The van der Waals surface area contributed by atoms with E-state index in [1.165, 1.54) is 12.1 Å². The number of carboxylic acids is 1. The lowest BCUT2D eigenvalue weighted by molar-refractivity contribution is -0.138. The summed E-state index contributed by atoms with van der Waals surface area (Å²) in [6.07, 6.45) is -1.63. The molecular weight excluding hydrogens is 493 g/mol. The molecule has 0 aliphatic carbocycles. The van der Waals surface area contributed by atoms with Crippen molar-refractivity contribution in [1.29, 1.82) is 0 Å². The fourth-order valence-corrected chi connectivity index (χ4v) is 4.57. The van der Waals surface area contributed by atoms with Crippen LogP contribution in [0.25, 0.3) is 22.0 Å². The van der Waals surface area contributed by atoms with E-state index in [1.807, 2.05) is 42.6 Å². The zero-order chi connectivity index (χ0) is 27.4. The molecule has 1 atom stereocenters. The second-order valence-corrected chi connectivity index (χ2v) is 9.74. The quantitative estimate of drug-likeness (QED) is 0.245. The molecule has 0 aliphatic rings. The van der Waals surface area contributed by atoms with Crippen molar-refractivity contribution in [3.05, 3.63) is 95.7 Å². The molecule has 0 aliphatic heterocycles. The van der Waals surface area contributed by atoms with Crippen LogP contribution in [0.3, 0.4) is 0 Å². The first-order valence-corrected chi connectivity index (χ1v) is 12.4. The predicted molar refractivity (Wildman–Crippen MR) is 141 cm³/mol. The van der Waals surface area contributed by atoms with Crippen LogP contribution in [0.4, 0.5) is 13.2 Å². The number of carbonyl (C=O) groups is 2. The molecule has 4 rings (SSSR count). The Morgan fingerprint density at radius 3 is 2.18 bits per heavy atom. The van der Waals surface area contributed by atoms with E-state index in [2.05, 4.69) is 23.7 Å². The fraction of sp³-hybridized carbons (Fsp3) is 0.267. The Hall–Kier alpha value is -4.07. The molecule has 0 radical (unpaired) electrons. The molecular formula is C30H29F3N2O3. The molecule has 5 nitrogen and oxygen atoms in total. The number of fused-ring (bicyclic) bond motifs is 1. The number of amides is 1. The van der Waals surface area contributed by atoms with Crippen LogP contribution in [0.1, 0.15) is 54.2 Å². The Morgan fingerprint density at radius 2 is 1.58 bits per heavy atom. The van der Waals surface area contributed by atoms with Crippen molar-refractivity contribution >= 4 is 22.8 Å². The van der Waals surface area contributed by atoms with E-state index in [0.717, 1.165) is 40.6 Å². The van der Waals surface area contributed by atoms with Gasteiger partial charge in [0.1, 0.15) is 0 Å². The Bertz CT molecular complexity index is 1420. The Morgan fingerprint density at radius 1 is 0.921 bits per heavy atom. The first kappa shape index (κ1) is 27.0. The van der Waals surface area contributed by atoms with Gasteiger partial charge in [-0.3, -0.25) is 9.59 Å². The molecule has 0 saturated heterocycles. The highest BCUT2D eigenvalue weighted by atomic mass is 19.4. The Balaban J connectivity index is 1.60. The van der Waals surface area contributed by atoms with Crippen molar-refractivity contribution in [3.8, 4) is 11.1 Å². The van der Waals surface area contributed by atoms with Crippen LogP contribution in [0.5, 0.6) is 0 Å². The molecule has 2 N–H and O–H groups in total. The van der Waals surface area contributed by atoms with Crippen molar-refractivity contribution in [1.82, 2.24) is 9.88 Å². The van der Waals surface area contributed by atoms with E-state index < -0.39 is 17.7 Å². The smallest absolute Gasteiger partial charge is 0.416 e. The first-order chi connectivity index (χ1) is 18.0. The van der Waals surface area contributed by atoms with Crippen molar-refractivity contribution < 1.29 is 27.9 Å². The van der Waals surface area contributed by atoms with Gasteiger partial charge in [-0.1, -0.05) is 44.2 Å². The highest BCUT2D eigenvalue weighted by Gasteiger charge is 2.30. The molecule has 0 fully saturated rings. The summed E-state index contributed by atoms with van der Waals surface area (Å²) in [4.78, 5) is 23.0. The lowest BCUT2D eigenvalue weighted by Crippen LogP contribution is -2.26. The highest BCUT2D eigenvalue weighted by Crippen LogP contribution is 2.34. The zero-order valence-corrected chi connectivity index (χ0v) is 21.1. The Labute approximate surface area is 218 Å². The van der Waals surface area contributed by atoms with Gasteiger partial charge in [0.2, 0.25) is 0 Å². The summed E-state index contributed by atoms with van der Waals surface area (Å²) in [5, 5.41) is 12.3. The maximum atomic E-state index is 12.9. The van der Waals surface area contributed by atoms with Crippen LogP contribution >= 0.6 is 0 Å². The molecule has 38 heavy (non-hydrogen) atoms. The number of carboxylic acid groups (broad SMARTS) is 1. The van der Waals surface area contributed by atoms with E-state index in [1.54, 1.807) is 12.1 Å². The molecule has 0 saturated carbocycles. The number of rotatable bonds is 9. The zero-order valence-electron chi connectivity index (χ0n) is 21.1. The summed E-state index contributed by atoms with van der Waals surface area (Å²) >= 11 is 0. The second kappa shape index (κ2) is 11.1. The summed E-state index contributed by atoms with van der Waals surface area (Å²) in [5.74, 6) is -0.897. The van der Waals surface area contributed by atoms with E-state index >= 15 is 0 Å². The van der Waals surface area contributed by atoms with Gasteiger partial charge in [-0.05, 0) is 71.5 Å². The molecule has 1 unspecified atom stereocenters. The minimum Gasteiger partial charge on any atom is -0.481 e. The number of aromatic nitrogens is 1. The van der Waals surface area contributed by atoms with E-state index in [-0.39, 0.29) is 24.9 Å². The summed E-state index contributed by atoms with van der Waals surface area (Å²) in [6, 6.07) is 20.4. The van der Waals surface area contributed by atoms with E-state index in [4.69, 9.17) is 5.11 Å².